The van der Waals surface area contributed by atoms with E-state index >= 15 is 0 Å². The lowest BCUT2D eigenvalue weighted by Gasteiger charge is -2.13. The predicted octanol–water partition coefficient (Wildman–Crippen LogP) is 1.34. The van der Waals surface area contributed by atoms with Crippen LogP contribution >= 0.6 is 11.3 Å². The maximum Gasteiger partial charge on any atom is 0.265 e. The third kappa shape index (κ3) is 2.72. The van der Waals surface area contributed by atoms with Gasteiger partial charge >= 0.3 is 0 Å². The lowest BCUT2D eigenvalue weighted by Crippen LogP contribution is -2.22. The van der Waals surface area contributed by atoms with Gasteiger partial charge in [-0.3, -0.25) is 9.59 Å². The Morgan fingerprint density at radius 1 is 1.40 bits per heavy atom. The molecule has 0 bridgehead atoms. The van der Waals surface area contributed by atoms with Crippen molar-refractivity contribution >= 4 is 33.8 Å². The summed E-state index contributed by atoms with van der Waals surface area (Å²) in [5.41, 5.74) is 11.7. The lowest BCUT2D eigenvalue weighted by atomic mass is 10.2. The molecule has 110 valence electrons. The Bertz CT molecular complexity index is 549. The molecule has 0 aliphatic heterocycles. The van der Waals surface area contributed by atoms with Crippen molar-refractivity contribution in [2.24, 2.45) is 11.7 Å². The van der Waals surface area contributed by atoms with Crippen molar-refractivity contribution in [3.8, 4) is 0 Å². The summed E-state index contributed by atoms with van der Waals surface area (Å²) in [6, 6.07) is 0.244. The molecule has 0 saturated heterocycles. The fourth-order valence-corrected chi connectivity index (χ4v) is 3.32. The highest BCUT2D eigenvalue weighted by atomic mass is 32.1. The Kier molecular flexibility index (Phi) is 3.89. The molecule has 1 saturated carbocycles. The SMILES string of the molecule is CC(Nc1sc(C(=O)N(C)C)c(N)c1C(N)=O)C1CC1. The maximum absolute atomic E-state index is 12.1. The summed E-state index contributed by atoms with van der Waals surface area (Å²) in [5, 5.41) is 3.87. The molecule has 20 heavy (non-hydrogen) atoms. The van der Waals surface area contributed by atoms with Gasteiger partial charge in [0.2, 0.25) is 0 Å². The number of nitrogen functional groups attached to an aromatic ring is 1. The van der Waals surface area contributed by atoms with E-state index in [2.05, 4.69) is 12.2 Å². The number of nitrogens with two attached hydrogens (primary N) is 2. The van der Waals surface area contributed by atoms with Crippen LogP contribution in [0.2, 0.25) is 0 Å². The molecule has 1 atom stereocenters. The molecule has 7 heteroatoms. The summed E-state index contributed by atoms with van der Waals surface area (Å²) in [4.78, 5) is 25.4. The minimum atomic E-state index is -0.609. The van der Waals surface area contributed by atoms with Crippen molar-refractivity contribution in [3.05, 3.63) is 10.4 Å². The molecule has 1 aromatic heterocycles. The first-order valence-electron chi connectivity index (χ1n) is 6.53. The highest BCUT2D eigenvalue weighted by Crippen LogP contribution is 2.39. The number of hydrogen-bond donors (Lipinski definition) is 3. The summed E-state index contributed by atoms with van der Waals surface area (Å²) in [7, 11) is 3.29. The van der Waals surface area contributed by atoms with Gasteiger partial charge in [0, 0.05) is 20.1 Å². The van der Waals surface area contributed by atoms with Gasteiger partial charge in [-0.15, -0.1) is 11.3 Å². The normalized spacial score (nSPS) is 15.8. The van der Waals surface area contributed by atoms with Gasteiger partial charge in [0.15, 0.2) is 0 Å². The molecule has 5 N–H and O–H groups in total. The molecule has 2 rings (SSSR count). The van der Waals surface area contributed by atoms with Crippen molar-refractivity contribution < 1.29 is 9.59 Å². The average Bonchev–Trinajstić information content (AvgIpc) is 3.14. The fraction of sp³-hybridized carbons (Fsp3) is 0.538. The van der Waals surface area contributed by atoms with Crippen LogP contribution in [-0.2, 0) is 0 Å². The summed E-state index contributed by atoms with van der Waals surface area (Å²) in [6.45, 7) is 2.06. The van der Waals surface area contributed by atoms with Gasteiger partial charge in [0.25, 0.3) is 11.8 Å². The van der Waals surface area contributed by atoms with E-state index < -0.39 is 5.91 Å². The number of thiophene rings is 1. The second-order valence-corrected chi connectivity index (χ2v) is 6.40. The highest BCUT2D eigenvalue weighted by molar-refractivity contribution is 7.19. The smallest absolute Gasteiger partial charge is 0.265 e. The zero-order chi connectivity index (χ0) is 15.0. The lowest BCUT2D eigenvalue weighted by molar-refractivity contribution is 0.0833. The number of carbonyl (C=O) groups excluding carboxylic acids is 2. The van der Waals surface area contributed by atoms with Crippen LogP contribution in [0.5, 0.6) is 0 Å². The van der Waals surface area contributed by atoms with Crippen molar-refractivity contribution in [3.63, 3.8) is 0 Å². The topological polar surface area (TPSA) is 101 Å². The Morgan fingerprint density at radius 2 is 2.00 bits per heavy atom. The van der Waals surface area contributed by atoms with Crippen LogP contribution in [0.1, 0.15) is 39.8 Å². The molecule has 0 spiro atoms. The van der Waals surface area contributed by atoms with E-state index in [1.165, 1.54) is 29.1 Å². The number of rotatable bonds is 5. The van der Waals surface area contributed by atoms with Crippen LogP contribution in [-0.4, -0.2) is 36.9 Å². The van der Waals surface area contributed by atoms with E-state index in [1.807, 2.05) is 0 Å². The largest absolute Gasteiger partial charge is 0.397 e. The Labute approximate surface area is 122 Å². The second-order valence-electron chi connectivity index (χ2n) is 5.38. The predicted molar refractivity (Wildman–Crippen MR) is 81.1 cm³/mol. The van der Waals surface area contributed by atoms with Crippen molar-refractivity contribution in [1.29, 1.82) is 0 Å². The first kappa shape index (κ1) is 14.6. The number of nitrogens with one attached hydrogen (secondary N) is 1. The summed E-state index contributed by atoms with van der Waals surface area (Å²) in [6.07, 6.45) is 2.37. The minimum absolute atomic E-state index is 0.173. The van der Waals surface area contributed by atoms with Gasteiger partial charge in [-0.05, 0) is 25.7 Å². The van der Waals surface area contributed by atoms with E-state index in [4.69, 9.17) is 11.5 Å². The zero-order valence-electron chi connectivity index (χ0n) is 11.9. The molecule has 0 radical (unpaired) electrons. The number of amides is 2. The first-order chi connectivity index (χ1) is 9.32. The Morgan fingerprint density at radius 3 is 2.45 bits per heavy atom. The Balaban J connectivity index is 2.36. The summed E-state index contributed by atoms with van der Waals surface area (Å²) >= 11 is 1.20. The standard InChI is InChI=1S/C13H20N4O2S/c1-6(7-4-5-7)16-12-8(11(15)18)9(14)10(20-12)13(19)17(2)3/h6-7,16H,4-5,14H2,1-3H3,(H2,15,18). The second kappa shape index (κ2) is 5.32. The number of anilines is 2. The summed E-state index contributed by atoms with van der Waals surface area (Å²) < 4.78 is 0. The van der Waals surface area contributed by atoms with Gasteiger partial charge in [-0.2, -0.15) is 0 Å². The van der Waals surface area contributed by atoms with Crippen LogP contribution in [0.25, 0.3) is 0 Å². The van der Waals surface area contributed by atoms with Gasteiger partial charge in [0.1, 0.15) is 9.88 Å². The van der Waals surface area contributed by atoms with E-state index in [1.54, 1.807) is 14.1 Å². The first-order valence-corrected chi connectivity index (χ1v) is 7.34. The number of hydrogen-bond acceptors (Lipinski definition) is 5. The number of primary amides is 1. The molecule has 6 nitrogen and oxygen atoms in total. The molecule has 1 aromatic rings. The van der Waals surface area contributed by atoms with Gasteiger partial charge in [0.05, 0.1) is 11.3 Å². The quantitative estimate of drug-likeness (QED) is 0.763. The third-order valence-corrected chi connectivity index (χ3v) is 4.60. The molecular formula is C13H20N4O2S. The van der Waals surface area contributed by atoms with Crippen molar-refractivity contribution in [2.45, 2.75) is 25.8 Å². The molecule has 1 aliphatic carbocycles. The van der Waals surface area contributed by atoms with Gasteiger partial charge in [-0.1, -0.05) is 0 Å². The van der Waals surface area contributed by atoms with Crippen LogP contribution in [0.15, 0.2) is 0 Å². The zero-order valence-corrected chi connectivity index (χ0v) is 12.7. The van der Waals surface area contributed by atoms with Crippen molar-refractivity contribution in [1.82, 2.24) is 4.90 Å². The van der Waals surface area contributed by atoms with Crippen molar-refractivity contribution in [2.75, 3.05) is 25.1 Å². The molecule has 1 unspecified atom stereocenters. The van der Waals surface area contributed by atoms with Crippen LogP contribution in [0.4, 0.5) is 10.7 Å². The third-order valence-electron chi connectivity index (χ3n) is 3.48. The van der Waals surface area contributed by atoms with Crippen LogP contribution in [0.3, 0.4) is 0 Å². The summed E-state index contributed by atoms with van der Waals surface area (Å²) in [5.74, 6) is -0.212. The van der Waals surface area contributed by atoms with E-state index in [9.17, 15) is 9.59 Å². The maximum atomic E-state index is 12.1. The molecule has 0 aromatic carbocycles. The monoisotopic (exact) mass is 296 g/mol. The molecule has 1 aliphatic rings. The average molecular weight is 296 g/mol. The van der Waals surface area contributed by atoms with Gasteiger partial charge in [-0.25, -0.2) is 0 Å². The molecule has 1 fully saturated rings. The fourth-order valence-electron chi connectivity index (χ4n) is 2.07. The van der Waals surface area contributed by atoms with E-state index in [0.717, 1.165) is 0 Å². The van der Waals surface area contributed by atoms with Gasteiger partial charge < -0.3 is 21.7 Å². The van der Waals surface area contributed by atoms with E-state index in [0.29, 0.717) is 15.8 Å². The highest BCUT2D eigenvalue weighted by Gasteiger charge is 2.31. The molecule has 2 amide bonds. The Hall–Kier alpha value is -1.76. The van der Waals surface area contributed by atoms with E-state index in [-0.39, 0.29) is 23.2 Å². The molecular weight excluding hydrogens is 276 g/mol. The minimum Gasteiger partial charge on any atom is -0.397 e. The van der Waals surface area contributed by atoms with Crippen LogP contribution in [0, 0.1) is 5.92 Å². The van der Waals surface area contributed by atoms with Crippen LogP contribution < -0.4 is 16.8 Å². The number of nitrogens with zero attached hydrogens (tertiary/aromatic N) is 1. The number of carbonyl (C=O) groups is 2. The molecule has 1 heterocycles.